The van der Waals surface area contributed by atoms with E-state index in [9.17, 15) is 14.4 Å². The summed E-state index contributed by atoms with van der Waals surface area (Å²) >= 11 is 0. The topological polar surface area (TPSA) is 97.9 Å². The molecule has 1 aliphatic rings. The van der Waals surface area contributed by atoms with Gasteiger partial charge in [-0.15, -0.1) is 0 Å². The number of aromatic amines is 1. The second kappa shape index (κ2) is 6.46. The Morgan fingerprint density at radius 2 is 1.72 bits per heavy atom. The predicted molar refractivity (Wildman–Crippen MR) is 89.1 cm³/mol. The first-order chi connectivity index (χ1) is 12.0. The monoisotopic (exact) mass is 346 g/mol. The van der Waals surface area contributed by atoms with Crippen LogP contribution in [0.4, 0.5) is 5.69 Å². The number of amides is 2. The van der Waals surface area contributed by atoms with Crippen LogP contribution >= 0.6 is 0 Å². The van der Waals surface area contributed by atoms with Crippen molar-refractivity contribution in [1.29, 1.82) is 0 Å². The van der Waals surface area contributed by atoms with Crippen LogP contribution in [0.25, 0.3) is 10.9 Å². The number of rotatable bonds is 5. The normalized spacial score (nSPS) is 14.3. The number of benzene rings is 1. The third-order valence-corrected chi connectivity index (χ3v) is 4.03. The van der Waals surface area contributed by atoms with Gasteiger partial charge >= 0.3 is 5.97 Å². The summed E-state index contributed by atoms with van der Waals surface area (Å²) in [6, 6.07) is 3.27. The van der Waals surface area contributed by atoms with Gasteiger partial charge in [0.15, 0.2) is 17.2 Å². The van der Waals surface area contributed by atoms with Crippen molar-refractivity contribution >= 4 is 34.4 Å². The fourth-order valence-corrected chi connectivity index (χ4v) is 2.92. The van der Waals surface area contributed by atoms with Gasteiger partial charge in [0.25, 0.3) is 0 Å². The van der Waals surface area contributed by atoms with Gasteiger partial charge in [-0.25, -0.2) is 9.69 Å². The highest BCUT2D eigenvalue weighted by molar-refractivity contribution is 6.26. The second-order valence-corrected chi connectivity index (χ2v) is 5.44. The Morgan fingerprint density at radius 3 is 2.28 bits per heavy atom. The Hall–Kier alpha value is -3.03. The van der Waals surface area contributed by atoms with Crippen LogP contribution in [0.5, 0.6) is 11.5 Å². The molecule has 25 heavy (non-hydrogen) atoms. The molecule has 8 nitrogen and oxygen atoms in total. The number of imide groups is 1. The average molecular weight is 346 g/mol. The van der Waals surface area contributed by atoms with Crippen LogP contribution in [0.3, 0.4) is 0 Å². The number of nitrogens with one attached hydrogen (secondary N) is 1. The molecule has 0 bridgehead atoms. The van der Waals surface area contributed by atoms with Crippen LogP contribution < -0.4 is 14.4 Å². The third-order valence-electron chi connectivity index (χ3n) is 4.03. The van der Waals surface area contributed by atoms with E-state index in [1.165, 1.54) is 14.2 Å². The molecule has 0 saturated carbocycles. The number of H-pyrrole nitrogens is 1. The predicted octanol–water partition coefficient (Wildman–Crippen LogP) is 2.02. The van der Waals surface area contributed by atoms with Crippen LogP contribution in [-0.4, -0.2) is 43.6 Å². The number of anilines is 1. The van der Waals surface area contributed by atoms with Crippen molar-refractivity contribution < 1.29 is 28.6 Å². The summed E-state index contributed by atoms with van der Waals surface area (Å²) < 4.78 is 15.6. The highest BCUT2D eigenvalue weighted by atomic mass is 16.5. The molecule has 2 aromatic rings. The van der Waals surface area contributed by atoms with Crippen LogP contribution in [0.1, 0.15) is 30.3 Å². The van der Waals surface area contributed by atoms with Crippen molar-refractivity contribution in [1.82, 2.24) is 4.98 Å². The highest BCUT2D eigenvalue weighted by Gasteiger charge is 2.36. The number of methoxy groups -OCH3 is 2. The van der Waals surface area contributed by atoms with E-state index in [0.29, 0.717) is 22.4 Å². The number of carbonyl (C=O) groups is 3. The van der Waals surface area contributed by atoms with Gasteiger partial charge in [-0.05, 0) is 13.0 Å². The molecule has 1 N–H and O–H groups in total. The van der Waals surface area contributed by atoms with Gasteiger partial charge in [-0.3, -0.25) is 9.59 Å². The number of aromatic nitrogens is 1. The van der Waals surface area contributed by atoms with E-state index >= 15 is 0 Å². The Labute approximate surface area is 143 Å². The molecule has 1 fully saturated rings. The summed E-state index contributed by atoms with van der Waals surface area (Å²) in [7, 11) is 2.97. The van der Waals surface area contributed by atoms with Crippen molar-refractivity contribution in [2.75, 3.05) is 25.7 Å². The molecular formula is C17H18N2O6. The van der Waals surface area contributed by atoms with Gasteiger partial charge in [-0.2, -0.15) is 0 Å². The Bertz CT molecular complexity index is 854. The fourth-order valence-electron chi connectivity index (χ4n) is 2.92. The van der Waals surface area contributed by atoms with E-state index in [1.807, 2.05) is 0 Å². The zero-order chi connectivity index (χ0) is 18.1. The number of esters is 1. The molecule has 0 aliphatic carbocycles. The zero-order valence-corrected chi connectivity index (χ0v) is 14.2. The molecule has 0 unspecified atom stereocenters. The molecule has 0 radical (unpaired) electrons. The lowest BCUT2D eigenvalue weighted by Gasteiger charge is -2.15. The van der Waals surface area contributed by atoms with E-state index in [-0.39, 0.29) is 42.6 Å². The molecule has 0 spiro atoms. The van der Waals surface area contributed by atoms with Gasteiger partial charge in [0.1, 0.15) is 0 Å². The van der Waals surface area contributed by atoms with Crippen LogP contribution in [0, 0.1) is 0 Å². The van der Waals surface area contributed by atoms with Crippen LogP contribution in [0.15, 0.2) is 12.1 Å². The van der Waals surface area contributed by atoms with E-state index < -0.39 is 5.97 Å². The lowest BCUT2D eigenvalue weighted by atomic mass is 10.1. The van der Waals surface area contributed by atoms with Crippen molar-refractivity contribution in [3.63, 3.8) is 0 Å². The number of fused-ring (bicyclic) bond motifs is 1. The Balaban J connectivity index is 2.29. The van der Waals surface area contributed by atoms with Gasteiger partial charge in [0.2, 0.25) is 11.8 Å². The maximum atomic E-state index is 12.3. The van der Waals surface area contributed by atoms with Gasteiger partial charge in [0, 0.05) is 24.3 Å². The summed E-state index contributed by atoms with van der Waals surface area (Å²) in [5, 5.41) is 0.504. The molecule has 1 aromatic carbocycles. The highest BCUT2D eigenvalue weighted by Crippen LogP contribution is 2.40. The quantitative estimate of drug-likeness (QED) is 0.657. The summed E-state index contributed by atoms with van der Waals surface area (Å²) in [6.07, 6.45) is 0.224. The number of hydrogen-bond acceptors (Lipinski definition) is 6. The standard InChI is InChI=1S/C17H18N2O6/c1-4-25-17(22)15-16(19-13(20)5-6-14(19)21)9-7-11(23-2)12(24-3)8-10(9)18-15/h7-8,18H,4-6H2,1-3H3. The first-order valence-corrected chi connectivity index (χ1v) is 7.82. The van der Waals surface area contributed by atoms with E-state index in [1.54, 1.807) is 19.1 Å². The summed E-state index contributed by atoms with van der Waals surface area (Å²) in [6.45, 7) is 1.85. The zero-order valence-electron chi connectivity index (χ0n) is 14.2. The summed E-state index contributed by atoms with van der Waals surface area (Å²) in [5.74, 6) is -0.473. The van der Waals surface area contributed by atoms with Gasteiger partial charge in [0.05, 0.1) is 32.0 Å². The molecule has 3 rings (SSSR count). The lowest BCUT2D eigenvalue weighted by molar-refractivity contribution is -0.121. The average Bonchev–Trinajstić information content (AvgIpc) is 3.12. The van der Waals surface area contributed by atoms with E-state index in [4.69, 9.17) is 14.2 Å². The molecule has 1 aliphatic heterocycles. The smallest absolute Gasteiger partial charge is 0.356 e. The van der Waals surface area contributed by atoms with Crippen molar-refractivity contribution in [3.05, 3.63) is 17.8 Å². The van der Waals surface area contributed by atoms with Crippen molar-refractivity contribution in [2.24, 2.45) is 0 Å². The fraction of sp³-hybridized carbons (Fsp3) is 0.353. The summed E-state index contributed by atoms with van der Waals surface area (Å²) in [4.78, 5) is 40.8. The molecule has 1 aromatic heterocycles. The number of ether oxygens (including phenoxy) is 3. The van der Waals surface area contributed by atoms with E-state index in [0.717, 1.165) is 4.90 Å². The third kappa shape index (κ3) is 2.69. The number of hydrogen-bond donors (Lipinski definition) is 1. The van der Waals surface area contributed by atoms with Crippen LogP contribution in [-0.2, 0) is 14.3 Å². The number of nitrogens with zero attached hydrogens (tertiary/aromatic N) is 1. The molecule has 0 atom stereocenters. The maximum absolute atomic E-state index is 12.3. The first-order valence-electron chi connectivity index (χ1n) is 7.82. The molecular weight excluding hydrogens is 328 g/mol. The van der Waals surface area contributed by atoms with Gasteiger partial charge < -0.3 is 19.2 Å². The lowest BCUT2D eigenvalue weighted by Crippen LogP contribution is -2.30. The number of carbonyl (C=O) groups excluding carboxylic acids is 3. The molecule has 132 valence electrons. The molecule has 2 heterocycles. The van der Waals surface area contributed by atoms with Gasteiger partial charge in [-0.1, -0.05) is 0 Å². The SMILES string of the molecule is CCOC(=O)c1[nH]c2cc(OC)c(OC)cc2c1N1C(=O)CCC1=O. The molecule has 1 saturated heterocycles. The first kappa shape index (κ1) is 16.8. The minimum absolute atomic E-state index is 0.0516. The molecule has 8 heteroatoms. The maximum Gasteiger partial charge on any atom is 0.356 e. The van der Waals surface area contributed by atoms with E-state index in [2.05, 4.69) is 4.98 Å². The minimum Gasteiger partial charge on any atom is -0.493 e. The molecule has 2 amide bonds. The largest absolute Gasteiger partial charge is 0.493 e. The van der Waals surface area contributed by atoms with Crippen LogP contribution in [0.2, 0.25) is 0 Å². The second-order valence-electron chi connectivity index (χ2n) is 5.44. The Kier molecular flexibility index (Phi) is 4.35. The minimum atomic E-state index is -0.640. The summed E-state index contributed by atoms with van der Waals surface area (Å²) in [5.41, 5.74) is 0.779. The Morgan fingerprint density at radius 1 is 1.12 bits per heavy atom. The van der Waals surface area contributed by atoms with Crippen molar-refractivity contribution in [2.45, 2.75) is 19.8 Å². The van der Waals surface area contributed by atoms with Crippen molar-refractivity contribution in [3.8, 4) is 11.5 Å².